The van der Waals surface area contributed by atoms with Gasteiger partial charge in [0.25, 0.3) is 0 Å². The number of nitrogen functional groups attached to an aromatic ring is 1. The van der Waals surface area contributed by atoms with Crippen LogP contribution in [0.5, 0.6) is 0 Å². The van der Waals surface area contributed by atoms with E-state index >= 15 is 0 Å². The molecule has 1 aliphatic rings. The molecule has 1 heterocycles. The molecule has 88 valence electrons. The molecule has 1 aromatic heterocycles. The van der Waals surface area contributed by atoms with Gasteiger partial charge in [-0.05, 0) is 25.7 Å². The molecule has 4 heteroatoms. The van der Waals surface area contributed by atoms with Crippen molar-refractivity contribution in [3.8, 4) is 0 Å². The number of nitrogens with two attached hydrogens (primary N) is 1. The Labute approximate surface area is 96.9 Å². The van der Waals surface area contributed by atoms with Crippen molar-refractivity contribution in [3.63, 3.8) is 0 Å². The van der Waals surface area contributed by atoms with E-state index in [9.17, 15) is 0 Å². The molecule has 0 unspecified atom stereocenters. The molecule has 4 nitrogen and oxygen atoms in total. The molecule has 1 aromatic rings. The highest BCUT2D eigenvalue weighted by Crippen LogP contribution is 2.31. The van der Waals surface area contributed by atoms with E-state index in [0.717, 1.165) is 18.1 Å². The van der Waals surface area contributed by atoms with Gasteiger partial charge in [0.2, 0.25) is 5.95 Å². The molecular weight excluding hydrogens is 200 g/mol. The molecule has 0 bridgehead atoms. The molecule has 1 aliphatic carbocycles. The third-order valence-electron chi connectivity index (χ3n) is 2.70. The fourth-order valence-corrected chi connectivity index (χ4v) is 1.93. The second-order valence-corrected chi connectivity index (χ2v) is 5.00. The largest absolute Gasteiger partial charge is 0.368 e. The molecule has 2 N–H and O–H groups in total. The minimum atomic E-state index is 0.379. The van der Waals surface area contributed by atoms with E-state index in [1.165, 1.54) is 12.8 Å². The van der Waals surface area contributed by atoms with E-state index < -0.39 is 0 Å². The number of nitrogens with zero attached hydrogens (tertiary/aromatic N) is 3. The van der Waals surface area contributed by atoms with Gasteiger partial charge in [0.05, 0.1) is 0 Å². The van der Waals surface area contributed by atoms with Crippen molar-refractivity contribution in [1.29, 1.82) is 0 Å². The number of hydrogen-bond donors (Lipinski definition) is 1. The zero-order valence-electron chi connectivity index (χ0n) is 10.3. The van der Waals surface area contributed by atoms with Crippen LogP contribution in [0.1, 0.15) is 32.4 Å². The fourth-order valence-electron chi connectivity index (χ4n) is 1.93. The Balaban J connectivity index is 2.23. The van der Waals surface area contributed by atoms with Gasteiger partial charge >= 0.3 is 0 Å². The highest BCUT2D eigenvalue weighted by molar-refractivity contribution is 5.45. The first kappa shape index (κ1) is 11.2. The van der Waals surface area contributed by atoms with Crippen LogP contribution in [0.4, 0.5) is 11.8 Å². The SMILES string of the molecule is Cc1cc(N(CC(C)C)C2CC2)nc(N)n1. The maximum Gasteiger partial charge on any atom is 0.222 e. The number of aromatic nitrogens is 2. The van der Waals surface area contributed by atoms with Gasteiger partial charge in [-0.3, -0.25) is 0 Å². The van der Waals surface area contributed by atoms with Crippen LogP contribution >= 0.6 is 0 Å². The first-order valence-corrected chi connectivity index (χ1v) is 5.94. The molecule has 16 heavy (non-hydrogen) atoms. The van der Waals surface area contributed by atoms with Gasteiger partial charge in [0.15, 0.2) is 0 Å². The summed E-state index contributed by atoms with van der Waals surface area (Å²) in [6, 6.07) is 2.69. The average Bonchev–Trinajstić information content (AvgIpc) is 2.95. The summed E-state index contributed by atoms with van der Waals surface area (Å²) in [7, 11) is 0. The van der Waals surface area contributed by atoms with Crippen LogP contribution in [-0.2, 0) is 0 Å². The normalized spacial score (nSPS) is 15.5. The summed E-state index contributed by atoms with van der Waals surface area (Å²) in [6.07, 6.45) is 2.55. The molecule has 0 spiro atoms. The lowest BCUT2D eigenvalue weighted by Gasteiger charge is -2.25. The van der Waals surface area contributed by atoms with Crippen molar-refractivity contribution in [3.05, 3.63) is 11.8 Å². The summed E-state index contributed by atoms with van der Waals surface area (Å²) in [4.78, 5) is 10.8. The summed E-state index contributed by atoms with van der Waals surface area (Å²) >= 11 is 0. The predicted octanol–water partition coefficient (Wildman–Crippen LogP) is 1.99. The van der Waals surface area contributed by atoms with Crippen LogP contribution in [0.25, 0.3) is 0 Å². The Hall–Kier alpha value is -1.32. The molecule has 0 amide bonds. The Morgan fingerprint density at radius 3 is 2.62 bits per heavy atom. The minimum Gasteiger partial charge on any atom is -0.368 e. The Morgan fingerprint density at radius 1 is 1.44 bits per heavy atom. The first-order chi connectivity index (χ1) is 7.56. The van der Waals surface area contributed by atoms with Crippen molar-refractivity contribution in [1.82, 2.24) is 9.97 Å². The molecule has 1 fully saturated rings. The van der Waals surface area contributed by atoms with Crippen molar-refractivity contribution < 1.29 is 0 Å². The van der Waals surface area contributed by atoms with Crippen LogP contribution < -0.4 is 10.6 Å². The van der Waals surface area contributed by atoms with Gasteiger partial charge in [0.1, 0.15) is 5.82 Å². The third-order valence-corrected chi connectivity index (χ3v) is 2.70. The summed E-state index contributed by atoms with van der Waals surface area (Å²) in [5, 5.41) is 0. The summed E-state index contributed by atoms with van der Waals surface area (Å²) < 4.78 is 0. The van der Waals surface area contributed by atoms with Crippen LogP contribution in [0, 0.1) is 12.8 Å². The second-order valence-electron chi connectivity index (χ2n) is 5.00. The zero-order chi connectivity index (χ0) is 11.7. The van der Waals surface area contributed by atoms with E-state index in [2.05, 4.69) is 28.7 Å². The van der Waals surface area contributed by atoms with Crippen molar-refractivity contribution in [2.24, 2.45) is 5.92 Å². The van der Waals surface area contributed by atoms with E-state index in [4.69, 9.17) is 5.73 Å². The molecule has 0 saturated heterocycles. The topological polar surface area (TPSA) is 55.0 Å². The Kier molecular flexibility index (Phi) is 2.99. The predicted molar refractivity (Wildman–Crippen MR) is 66.4 cm³/mol. The van der Waals surface area contributed by atoms with Crippen LogP contribution in [0.3, 0.4) is 0 Å². The Morgan fingerprint density at radius 2 is 2.12 bits per heavy atom. The van der Waals surface area contributed by atoms with E-state index in [-0.39, 0.29) is 0 Å². The molecule has 0 radical (unpaired) electrons. The van der Waals surface area contributed by atoms with Crippen LogP contribution in [-0.4, -0.2) is 22.6 Å². The maximum absolute atomic E-state index is 5.70. The zero-order valence-corrected chi connectivity index (χ0v) is 10.3. The lowest BCUT2D eigenvalue weighted by molar-refractivity contribution is 0.602. The van der Waals surface area contributed by atoms with Gasteiger partial charge in [-0.15, -0.1) is 0 Å². The lowest BCUT2D eigenvalue weighted by atomic mass is 10.2. The molecule has 0 aliphatic heterocycles. The number of hydrogen-bond acceptors (Lipinski definition) is 4. The van der Waals surface area contributed by atoms with Gasteiger partial charge in [-0.1, -0.05) is 13.8 Å². The standard InChI is InChI=1S/C12H20N4/c1-8(2)7-16(10-4-5-10)11-6-9(3)14-12(13)15-11/h6,8,10H,4-5,7H2,1-3H3,(H2,13,14,15). The van der Waals surface area contributed by atoms with E-state index in [0.29, 0.717) is 17.9 Å². The highest BCUT2D eigenvalue weighted by Gasteiger charge is 2.30. The minimum absolute atomic E-state index is 0.379. The summed E-state index contributed by atoms with van der Waals surface area (Å²) in [5.74, 6) is 2.00. The highest BCUT2D eigenvalue weighted by atomic mass is 15.2. The number of rotatable bonds is 4. The Bertz CT molecular complexity index is 351. The van der Waals surface area contributed by atoms with Gasteiger partial charge < -0.3 is 10.6 Å². The van der Waals surface area contributed by atoms with Gasteiger partial charge in [0, 0.05) is 24.3 Å². The van der Waals surface area contributed by atoms with Crippen molar-refractivity contribution in [2.75, 3.05) is 17.2 Å². The number of anilines is 2. The van der Waals surface area contributed by atoms with Crippen LogP contribution in [0.15, 0.2) is 6.07 Å². The number of aryl methyl sites for hydroxylation is 1. The van der Waals surface area contributed by atoms with Crippen molar-refractivity contribution >= 4 is 11.8 Å². The van der Waals surface area contributed by atoms with E-state index in [1.807, 2.05) is 13.0 Å². The quantitative estimate of drug-likeness (QED) is 0.843. The van der Waals surface area contributed by atoms with Crippen LogP contribution in [0.2, 0.25) is 0 Å². The summed E-state index contributed by atoms with van der Waals surface area (Å²) in [6.45, 7) is 7.46. The first-order valence-electron chi connectivity index (χ1n) is 5.94. The van der Waals surface area contributed by atoms with Crippen molar-refractivity contribution in [2.45, 2.75) is 39.7 Å². The molecular formula is C12H20N4. The summed E-state index contributed by atoms with van der Waals surface area (Å²) in [5.41, 5.74) is 6.64. The smallest absolute Gasteiger partial charge is 0.222 e. The van der Waals surface area contributed by atoms with E-state index in [1.54, 1.807) is 0 Å². The maximum atomic E-state index is 5.70. The molecule has 2 rings (SSSR count). The fraction of sp³-hybridized carbons (Fsp3) is 0.667. The third kappa shape index (κ3) is 2.62. The molecule has 0 atom stereocenters. The monoisotopic (exact) mass is 220 g/mol. The molecule has 0 aromatic carbocycles. The van der Waals surface area contributed by atoms with Gasteiger partial charge in [-0.25, -0.2) is 4.98 Å². The second kappa shape index (κ2) is 4.28. The van der Waals surface area contributed by atoms with Gasteiger partial charge in [-0.2, -0.15) is 4.98 Å². The average molecular weight is 220 g/mol. The lowest BCUT2D eigenvalue weighted by Crippen LogP contribution is -2.31. The molecule has 1 saturated carbocycles.